The number of hydrogen-bond acceptors (Lipinski definition) is 2. The van der Waals surface area contributed by atoms with Gasteiger partial charge in [-0.25, -0.2) is 9.50 Å². The van der Waals surface area contributed by atoms with Gasteiger partial charge >= 0.3 is 0 Å². The Morgan fingerprint density at radius 1 is 1.06 bits per heavy atom. The zero-order valence-corrected chi connectivity index (χ0v) is 11.0. The highest BCUT2D eigenvalue weighted by Crippen LogP contribution is 2.22. The van der Waals surface area contributed by atoms with Crippen LogP contribution in [0.3, 0.4) is 0 Å². The Hall–Kier alpha value is -1.39. The van der Waals surface area contributed by atoms with Crippen LogP contribution in [0.15, 0.2) is 47.1 Å². The second-order valence-corrected chi connectivity index (χ2v) is 4.88. The Bertz CT molecular complexity index is 676. The predicted octanol–water partition coefficient (Wildman–Crippen LogP) is 3.81. The van der Waals surface area contributed by atoms with Crippen molar-refractivity contribution >= 4 is 33.2 Å². The molecule has 3 nitrogen and oxygen atoms in total. The summed E-state index contributed by atoms with van der Waals surface area (Å²) in [6, 6.07) is 11.6. The molecule has 0 amide bonds. The molecule has 0 atom stereocenters. The second-order valence-electron chi connectivity index (χ2n) is 3.58. The van der Waals surface area contributed by atoms with Crippen molar-refractivity contribution in [1.29, 1.82) is 0 Å². The van der Waals surface area contributed by atoms with Crippen LogP contribution in [0.1, 0.15) is 0 Å². The summed E-state index contributed by atoms with van der Waals surface area (Å²) in [5, 5.41) is 4.69. The summed E-state index contributed by atoms with van der Waals surface area (Å²) in [5.74, 6) is 0. The maximum Gasteiger partial charge on any atom is 0.154 e. The van der Waals surface area contributed by atoms with Crippen LogP contribution in [0.4, 0.5) is 0 Å². The Morgan fingerprint density at radius 3 is 2.59 bits per heavy atom. The molecule has 0 fully saturated rings. The van der Waals surface area contributed by atoms with Crippen molar-refractivity contribution in [2.24, 2.45) is 0 Å². The van der Waals surface area contributed by atoms with Gasteiger partial charge in [-0.15, -0.1) is 0 Å². The van der Waals surface area contributed by atoms with E-state index in [9.17, 15) is 0 Å². The van der Waals surface area contributed by atoms with Gasteiger partial charge in [0.1, 0.15) is 5.15 Å². The van der Waals surface area contributed by atoms with Crippen molar-refractivity contribution in [3.05, 3.63) is 52.2 Å². The molecule has 17 heavy (non-hydrogen) atoms. The van der Waals surface area contributed by atoms with E-state index in [1.165, 1.54) is 0 Å². The van der Waals surface area contributed by atoms with Crippen LogP contribution in [-0.4, -0.2) is 14.6 Å². The van der Waals surface area contributed by atoms with E-state index in [1.54, 1.807) is 16.8 Å². The molecule has 0 bridgehead atoms. The molecule has 3 rings (SSSR count). The molecule has 0 radical (unpaired) electrons. The molecule has 0 spiro atoms. The number of benzene rings is 1. The quantitative estimate of drug-likeness (QED) is 0.684. The summed E-state index contributed by atoms with van der Waals surface area (Å²) < 4.78 is 2.78. The average Bonchev–Trinajstić information content (AvgIpc) is 2.73. The minimum atomic E-state index is 0.453. The topological polar surface area (TPSA) is 30.2 Å². The summed E-state index contributed by atoms with van der Waals surface area (Å²) >= 11 is 9.30. The van der Waals surface area contributed by atoms with Crippen LogP contribution in [0, 0.1) is 0 Å². The molecule has 5 heteroatoms. The Balaban J connectivity index is 2.23. The molecule has 3 aromatic rings. The fourth-order valence-corrected chi connectivity index (χ4v) is 2.07. The van der Waals surface area contributed by atoms with Crippen LogP contribution >= 0.6 is 27.5 Å². The number of halogens is 2. The average molecular weight is 309 g/mol. The summed E-state index contributed by atoms with van der Waals surface area (Å²) in [6.45, 7) is 0. The molecule has 1 aromatic carbocycles. The lowest BCUT2D eigenvalue weighted by atomic mass is 10.2. The van der Waals surface area contributed by atoms with Crippen LogP contribution in [0.25, 0.3) is 16.9 Å². The second kappa shape index (κ2) is 4.13. The maximum atomic E-state index is 5.89. The third-order valence-corrected chi connectivity index (χ3v) is 3.20. The van der Waals surface area contributed by atoms with Gasteiger partial charge in [0, 0.05) is 10.0 Å². The normalized spacial score (nSPS) is 10.9. The third kappa shape index (κ3) is 1.94. The summed E-state index contributed by atoms with van der Waals surface area (Å²) in [5.41, 5.74) is 2.76. The molecule has 0 saturated carbocycles. The minimum Gasteiger partial charge on any atom is -0.235 e. The molecule has 84 valence electrons. The van der Waals surface area contributed by atoms with Crippen LogP contribution < -0.4 is 0 Å². The van der Waals surface area contributed by atoms with E-state index in [2.05, 4.69) is 26.0 Å². The molecule has 2 heterocycles. The Morgan fingerprint density at radius 2 is 1.82 bits per heavy atom. The first-order chi connectivity index (χ1) is 8.24. The largest absolute Gasteiger partial charge is 0.235 e. The van der Waals surface area contributed by atoms with Crippen molar-refractivity contribution < 1.29 is 0 Å². The van der Waals surface area contributed by atoms with E-state index in [4.69, 9.17) is 11.6 Å². The number of fused-ring (bicyclic) bond motifs is 1. The van der Waals surface area contributed by atoms with Gasteiger partial charge in [-0.2, -0.15) is 5.10 Å². The van der Waals surface area contributed by atoms with Crippen LogP contribution in [0.5, 0.6) is 0 Å². The van der Waals surface area contributed by atoms with Crippen molar-refractivity contribution in [3.63, 3.8) is 0 Å². The van der Waals surface area contributed by atoms with Gasteiger partial charge < -0.3 is 0 Å². The molecule has 0 unspecified atom stereocenters. The summed E-state index contributed by atoms with van der Waals surface area (Å²) in [7, 11) is 0. The highest BCUT2D eigenvalue weighted by molar-refractivity contribution is 9.10. The molecular formula is C12H7BrClN3. The fraction of sp³-hybridized carbons (Fsp3) is 0. The monoisotopic (exact) mass is 307 g/mol. The van der Waals surface area contributed by atoms with Crippen molar-refractivity contribution in [3.8, 4) is 11.3 Å². The third-order valence-electron chi connectivity index (χ3n) is 2.47. The van der Waals surface area contributed by atoms with E-state index in [-0.39, 0.29) is 0 Å². The molecule has 0 saturated heterocycles. The van der Waals surface area contributed by atoms with Gasteiger partial charge in [0.15, 0.2) is 5.65 Å². The lowest BCUT2D eigenvalue weighted by Crippen LogP contribution is -1.93. The van der Waals surface area contributed by atoms with E-state index in [0.717, 1.165) is 21.4 Å². The first-order valence-corrected chi connectivity index (χ1v) is 6.17. The SMILES string of the molecule is Clc1ccc2ncc(-c3ccc(Br)cc3)n2n1. The highest BCUT2D eigenvalue weighted by Gasteiger charge is 2.07. The highest BCUT2D eigenvalue weighted by atomic mass is 79.9. The van der Waals surface area contributed by atoms with Gasteiger partial charge in [0.2, 0.25) is 0 Å². The smallest absolute Gasteiger partial charge is 0.154 e. The number of aromatic nitrogens is 3. The van der Waals surface area contributed by atoms with E-state index >= 15 is 0 Å². The molecule has 2 aromatic heterocycles. The standard InChI is InChI=1S/C12H7BrClN3/c13-9-3-1-8(2-4-9)10-7-15-12-6-5-11(14)16-17(10)12/h1-7H. The van der Waals surface area contributed by atoms with Gasteiger partial charge in [0.05, 0.1) is 11.9 Å². The van der Waals surface area contributed by atoms with Crippen LogP contribution in [0.2, 0.25) is 5.15 Å². The molecule has 0 aliphatic carbocycles. The number of rotatable bonds is 1. The molecule has 0 N–H and O–H groups in total. The van der Waals surface area contributed by atoms with Gasteiger partial charge in [-0.05, 0) is 24.3 Å². The zero-order valence-electron chi connectivity index (χ0n) is 8.64. The summed E-state index contributed by atoms with van der Waals surface area (Å²) in [4.78, 5) is 4.29. The van der Waals surface area contributed by atoms with Gasteiger partial charge in [0.25, 0.3) is 0 Å². The molecule has 0 aliphatic rings. The van der Waals surface area contributed by atoms with Crippen molar-refractivity contribution in [2.45, 2.75) is 0 Å². The predicted molar refractivity (Wildman–Crippen MR) is 71.1 cm³/mol. The maximum absolute atomic E-state index is 5.89. The van der Waals surface area contributed by atoms with E-state index < -0.39 is 0 Å². The van der Waals surface area contributed by atoms with Crippen LogP contribution in [-0.2, 0) is 0 Å². The first-order valence-electron chi connectivity index (χ1n) is 5.00. The fourth-order valence-electron chi connectivity index (χ4n) is 1.67. The lowest BCUT2D eigenvalue weighted by molar-refractivity contribution is 0.943. The van der Waals surface area contributed by atoms with Crippen molar-refractivity contribution in [1.82, 2.24) is 14.6 Å². The minimum absolute atomic E-state index is 0.453. The number of hydrogen-bond donors (Lipinski definition) is 0. The Kier molecular flexibility index (Phi) is 2.61. The van der Waals surface area contributed by atoms with E-state index in [0.29, 0.717) is 5.15 Å². The van der Waals surface area contributed by atoms with E-state index in [1.807, 2.05) is 30.3 Å². The van der Waals surface area contributed by atoms with Crippen molar-refractivity contribution in [2.75, 3.05) is 0 Å². The Labute approximate surface area is 111 Å². The number of imidazole rings is 1. The zero-order chi connectivity index (χ0) is 11.8. The summed E-state index contributed by atoms with van der Waals surface area (Å²) in [6.07, 6.45) is 1.79. The first kappa shape index (κ1) is 10.7. The van der Waals surface area contributed by atoms with Gasteiger partial charge in [-0.3, -0.25) is 0 Å². The van der Waals surface area contributed by atoms with Gasteiger partial charge in [-0.1, -0.05) is 39.7 Å². The lowest BCUT2D eigenvalue weighted by Gasteiger charge is -2.01. The molecular weight excluding hydrogens is 302 g/mol. The molecule has 0 aliphatic heterocycles. The number of nitrogens with zero attached hydrogens (tertiary/aromatic N) is 3.